The summed E-state index contributed by atoms with van der Waals surface area (Å²) in [6.07, 6.45) is -1.50. The predicted octanol–water partition coefficient (Wildman–Crippen LogP) is -1.13. The molecule has 0 aliphatic rings. The number of sulfonamides is 2. The fourth-order valence-corrected chi connectivity index (χ4v) is 2.09. The Kier molecular flexibility index (Phi) is 7.82. The third-order valence-electron chi connectivity index (χ3n) is 2.44. The molecule has 0 rings (SSSR count). The summed E-state index contributed by atoms with van der Waals surface area (Å²) in [6, 6.07) is 0. The summed E-state index contributed by atoms with van der Waals surface area (Å²) in [6.45, 7) is -3.06. The van der Waals surface area contributed by atoms with E-state index in [1.165, 1.54) is 0 Å². The second-order valence-electron chi connectivity index (χ2n) is 4.40. The molecule has 0 bridgehead atoms. The number of nitrogens with two attached hydrogens (primary N) is 1. The molecule has 0 unspecified atom stereocenters. The number of hydrogen-bond donors (Lipinski definition) is 3. The van der Waals surface area contributed by atoms with Crippen LogP contribution in [0, 0.1) is 0 Å². The van der Waals surface area contributed by atoms with Crippen LogP contribution in [-0.2, 0) is 29.6 Å². The molecule has 0 aliphatic heterocycles. The highest BCUT2D eigenvalue weighted by atomic mass is 32.2. The number of nitrogens with zero attached hydrogens (tertiary/aromatic N) is 1. The number of amides is 2. The molecule has 0 saturated heterocycles. The average molecular weight is 438 g/mol. The van der Waals surface area contributed by atoms with Crippen molar-refractivity contribution in [1.29, 1.82) is 0 Å². The standard InChI is InChI=1S/C8H12F6N4O6S2/c9-7(10,11)25(21,22)16-3-18(6(20)2-1-5(15)19)4-17-26(23,24)8(12,13)14/h16-17H,1-4H2,(H2,15,19). The molecule has 18 heteroatoms. The van der Waals surface area contributed by atoms with E-state index in [0.717, 1.165) is 9.44 Å². The van der Waals surface area contributed by atoms with Gasteiger partial charge in [0.1, 0.15) is 0 Å². The molecule has 0 aromatic heterocycles. The number of halogens is 6. The average Bonchev–Trinajstić information content (AvgIpc) is 2.42. The molecular weight excluding hydrogens is 426 g/mol. The Morgan fingerprint density at radius 1 is 0.808 bits per heavy atom. The van der Waals surface area contributed by atoms with Gasteiger partial charge in [-0.3, -0.25) is 9.59 Å². The molecule has 0 atom stereocenters. The van der Waals surface area contributed by atoms with Crippen LogP contribution < -0.4 is 15.2 Å². The van der Waals surface area contributed by atoms with Crippen molar-refractivity contribution in [3.8, 4) is 0 Å². The summed E-state index contributed by atoms with van der Waals surface area (Å²) in [7, 11) is -11.9. The van der Waals surface area contributed by atoms with E-state index < -0.39 is 69.1 Å². The maximum Gasteiger partial charge on any atom is 0.511 e. The first-order valence-electron chi connectivity index (χ1n) is 6.08. The van der Waals surface area contributed by atoms with Gasteiger partial charge in [-0.05, 0) is 0 Å². The molecular formula is C8H12F6N4O6S2. The van der Waals surface area contributed by atoms with Gasteiger partial charge >= 0.3 is 31.1 Å². The lowest BCUT2D eigenvalue weighted by Gasteiger charge is -2.24. The first kappa shape index (κ1) is 24.3. The minimum absolute atomic E-state index is 0.0322. The number of carbonyl (C=O) groups excluding carboxylic acids is 2. The van der Waals surface area contributed by atoms with Crippen molar-refractivity contribution in [3.05, 3.63) is 0 Å². The van der Waals surface area contributed by atoms with Crippen LogP contribution in [0.15, 0.2) is 0 Å². The minimum Gasteiger partial charge on any atom is -0.370 e. The van der Waals surface area contributed by atoms with Gasteiger partial charge in [-0.2, -0.15) is 35.8 Å². The SMILES string of the molecule is NC(=O)CCC(=O)N(CNS(=O)(=O)C(F)(F)F)CNS(=O)(=O)C(F)(F)F. The van der Waals surface area contributed by atoms with Gasteiger partial charge in [-0.25, -0.2) is 16.8 Å². The Hall–Kier alpha value is -1.66. The maximum absolute atomic E-state index is 12.2. The summed E-state index contributed by atoms with van der Waals surface area (Å²) in [4.78, 5) is 22.2. The molecule has 4 N–H and O–H groups in total. The van der Waals surface area contributed by atoms with Crippen LogP contribution in [0.1, 0.15) is 12.8 Å². The van der Waals surface area contributed by atoms with Gasteiger partial charge in [0, 0.05) is 12.8 Å². The second-order valence-corrected chi connectivity index (χ2v) is 7.92. The molecule has 0 fully saturated rings. The quantitative estimate of drug-likeness (QED) is 0.306. The van der Waals surface area contributed by atoms with Crippen molar-refractivity contribution in [2.45, 2.75) is 23.9 Å². The maximum atomic E-state index is 12.2. The van der Waals surface area contributed by atoms with E-state index >= 15 is 0 Å². The van der Waals surface area contributed by atoms with Gasteiger partial charge in [-0.1, -0.05) is 0 Å². The predicted molar refractivity (Wildman–Crippen MR) is 71.2 cm³/mol. The lowest BCUT2D eigenvalue weighted by Crippen LogP contribution is -2.50. The molecule has 154 valence electrons. The van der Waals surface area contributed by atoms with Crippen LogP contribution in [-0.4, -0.2) is 57.9 Å². The molecule has 0 aromatic carbocycles. The first-order chi connectivity index (χ1) is 11.4. The lowest BCUT2D eigenvalue weighted by molar-refractivity contribution is -0.133. The Balaban J connectivity index is 5.26. The molecule has 0 spiro atoms. The molecule has 10 nitrogen and oxygen atoms in total. The van der Waals surface area contributed by atoms with E-state index in [-0.39, 0.29) is 4.90 Å². The molecule has 26 heavy (non-hydrogen) atoms. The van der Waals surface area contributed by atoms with Crippen LogP contribution in [0.25, 0.3) is 0 Å². The van der Waals surface area contributed by atoms with Gasteiger partial charge in [-0.15, -0.1) is 0 Å². The third kappa shape index (κ3) is 7.30. The van der Waals surface area contributed by atoms with Crippen LogP contribution in [0.2, 0.25) is 0 Å². The Bertz CT molecular complexity index is 683. The minimum atomic E-state index is -5.97. The van der Waals surface area contributed by atoms with E-state index in [4.69, 9.17) is 5.73 Å². The summed E-state index contributed by atoms with van der Waals surface area (Å²) >= 11 is 0. The van der Waals surface area contributed by atoms with Crippen LogP contribution in [0.4, 0.5) is 26.3 Å². The zero-order valence-corrected chi connectivity index (χ0v) is 14.0. The second kappa shape index (κ2) is 8.35. The molecule has 0 aromatic rings. The summed E-state index contributed by atoms with van der Waals surface area (Å²) in [5.41, 5.74) is -6.87. The Morgan fingerprint density at radius 3 is 1.42 bits per heavy atom. The molecule has 0 aliphatic carbocycles. The number of primary amides is 1. The molecule has 2 amide bonds. The zero-order chi connectivity index (χ0) is 21.0. The molecule has 0 heterocycles. The van der Waals surface area contributed by atoms with Crippen molar-refractivity contribution in [2.75, 3.05) is 13.3 Å². The van der Waals surface area contributed by atoms with Gasteiger partial charge < -0.3 is 10.6 Å². The number of carbonyl (C=O) groups is 2. The monoisotopic (exact) mass is 438 g/mol. The van der Waals surface area contributed by atoms with E-state index in [2.05, 4.69) is 0 Å². The number of alkyl halides is 6. The van der Waals surface area contributed by atoms with E-state index in [1.807, 2.05) is 0 Å². The number of rotatable bonds is 9. The largest absolute Gasteiger partial charge is 0.511 e. The lowest BCUT2D eigenvalue weighted by atomic mass is 10.3. The summed E-state index contributed by atoms with van der Waals surface area (Å²) in [5, 5.41) is 0. The molecule has 0 radical (unpaired) electrons. The van der Waals surface area contributed by atoms with Crippen LogP contribution in [0.3, 0.4) is 0 Å². The van der Waals surface area contributed by atoms with Crippen LogP contribution in [0.5, 0.6) is 0 Å². The van der Waals surface area contributed by atoms with Gasteiger partial charge in [0.2, 0.25) is 11.8 Å². The summed E-state index contributed by atoms with van der Waals surface area (Å²) < 4.78 is 118. The fraction of sp³-hybridized carbons (Fsp3) is 0.750. The van der Waals surface area contributed by atoms with Crippen molar-refractivity contribution < 1.29 is 52.8 Å². The van der Waals surface area contributed by atoms with Gasteiger partial charge in [0.25, 0.3) is 0 Å². The van der Waals surface area contributed by atoms with Crippen LogP contribution >= 0.6 is 0 Å². The van der Waals surface area contributed by atoms with Gasteiger partial charge in [0.05, 0.1) is 13.3 Å². The highest BCUT2D eigenvalue weighted by Gasteiger charge is 2.47. The third-order valence-corrected chi connectivity index (χ3v) is 4.68. The van der Waals surface area contributed by atoms with Crippen molar-refractivity contribution >= 4 is 31.9 Å². The van der Waals surface area contributed by atoms with Crippen molar-refractivity contribution in [2.24, 2.45) is 5.73 Å². The number of hydrogen-bond acceptors (Lipinski definition) is 6. The Morgan fingerprint density at radius 2 is 1.15 bits per heavy atom. The Labute approximate surface area is 142 Å². The van der Waals surface area contributed by atoms with E-state index in [0.29, 0.717) is 0 Å². The van der Waals surface area contributed by atoms with E-state index in [1.54, 1.807) is 0 Å². The topological polar surface area (TPSA) is 156 Å². The molecule has 0 saturated carbocycles. The van der Waals surface area contributed by atoms with E-state index in [9.17, 15) is 52.8 Å². The number of nitrogens with one attached hydrogen (secondary N) is 2. The van der Waals surface area contributed by atoms with Crippen molar-refractivity contribution in [3.63, 3.8) is 0 Å². The highest BCUT2D eigenvalue weighted by Crippen LogP contribution is 2.22. The highest BCUT2D eigenvalue weighted by molar-refractivity contribution is 7.90. The van der Waals surface area contributed by atoms with Crippen molar-refractivity contribution in [1.82, 2.24) is 14.3 Å². The summed E-state index contributed by atoms with van der Waals surface area (Å²) in [5.74, 6) is -2.40. The first-order valence-corrected chi connectivity index (χ1v) is 9.05. The zero-order valence-electron chi connectivity index (χ0n) is 12.4. The normalized spacial score (nSPS) is 13.5. The van der Waals surface area contributed by atoms with Gasteiger partial charge in [0.15, 0.2) is 0 Å². The fourth-order valence-electron chi connectivity index (χ4n) is 1.11. The smallest absolute Gasteiger partial charge is 0.370 e.